The van der Waals surface area contributed by atoms with Crippen LogP contribution in [0.15, 0.2) is 53.6 Å². The van der Waals surface area contributed by atoms with Crippen LogP contribution in [0.4, 0.5) is 0 Å². The third-order valence-corrected chi connectivity index (χ3v) is 5.90. The second-order valence-electron chi connectivity index (χ2n) is 8.66. The van der Waals surface area contributed by atoms with Gasteiger partial charge in [0.25, 0.3) is 0 Å². The van der Waals surface area contributed by atoms with E-state index in [0.717, 1.165) is 38.5 Å². The van der Waals surface area contributed by atoms with Crippen LogP contribution in [0.5, 0.6) is 0 Å². The van der Waals surface area contributed by atoms with E-state index in [0.29, 0.717) is 13.0 Å². The molecular weight excluding hydrogens is 372 g/mol. The highest BCUT2D eigenvalue weighted by atomic mass is 16.2. The van der Waals surface area contributed by atoms with E-state index in [1.54, 1.807) is 11.9 Å². The number of hydrogen-bond donors (Lipinski definition) is 1. The molecule has 2 amide bonds. The Kier molecular flexibility index (Phi) is 9.35. The molecule has 1 N–H and O–H groups in total. The molecule has 1 aromatic rings. The van der Waals surface area contributed by atoms with Crippen molar-refractivity contribution < 1.29 is 9.59 Å². The van der Waals surface area contributed by atoms with Gasteiger partial charge in [0.05, 0.1) is 6.54 Å². The molecule has 0 saturated carbocycles. The fraction of sp³-hybridized carbons (Fsp3) is 0.538. The first-order valence-corrected chi connectivity index (χ1v) is 11.3. The normalized spacial score (nSPS) is 22.5. The van der Waals surface area contributed by atoms with Crippen LogP contribution < -0.4 is 5.32 Å². The van der Waals surface area contributed by atoms with Crippen molar-refractivity contribution in [2.24, 2.45) is 0 Å². The number of amides is 2. The number of carbonyl (C=O) groups is 2. The lowest BCUT2D eigenvalue weighted by molar-refractivity contribution is -0.135. The Morgan fingerprint density at radius 1 is 1.20 bits per heavy atom. The van der Waals surface area contributed by atoms with Gasteiger partial charge in [-0.1, -0.05) is 67.0 Å². The van der Waals surface area contributed by atoms with Gasteiger partial charge in [0.2, 0.25) is 11.8 Å². The molecule has 1 aliphatic heterocycles. The molecule has 0 fully saturated rings. The zero-order valence-electron chi connectivity index (χ0n) is 19.2. The molecule has 0 bridgehead atoms. The largest absolute Gasteiger partial charge is 0.358 e. The van der Waals surface area contributed by atoms with E-state index in [1.807, 2.05) is 0 Å². The number of nitrogens with zero attached hydrogens (tertiary/aromatic N) is 1. The maximum absolute atomic E-state index is 13.0. The Balaban J connectivity index is 2.41. The number of nitrogens with one attached hydrogen (secondary N) is 1. The topological polar surface area (TPSA) is 49.4 Å². The number of allylic oxidation sites excluding steroid dienone is 3. The number of benzene rings is 1. The lowest BCUT2D eigenvalue weighted by atomic mass is 9.72. The number of rotatable bonds is 6. The average Bonchev–Trinajstić information content (AvgIpc) is 2.74. The Labute approximate surface area is 182 Å². The summed E-state index contributed by atoms with van der Waals surface area (Å²) in [4.78, 5) is 26.7. The summed E-state index contributed by atoms with van der Waals surface area (Å²) in [5, 5.41) is 2.66. The maximum Gasteiger partial charge on any atom is 0.239 e. The summed E-state index contributed by atoms with van der Waals surface area (Å²) in [7, 11) is 1.62. The molecule has 1 heterocycles. The fourth-order valence-corrected chi connectivity index (χ4v) is 4.52. The van der Waals surface area contributed by atoms with Crippen LogP contribution in [0.2, 0.25) is 0 Å². The van der Waals surface area contributed by atoms with Crippen molar-refractivity contribution in [3.05, 3.63) is 59.2 Å². The summed E-state index contributed by atoms with van der Waals surface area (Å²) in [6, 6.07) is 10.7. The van der Waals surface area contributed by atoms with Crippen molar-refractivity contribution >= 4 is 11.8 Å². The van der Waals surface area contributed by atoms with Gasteiger partial charge in [0, 0.05) is 25.4 Å². The van der Waals surface area contributed by atoms with Crippen LogP contribution in [-0.2, 0) is 15.0 Å². The highest BCUT2D eigenvalue weighted by molar-refractivity contribution is 5.85. The van der Waals surface area contributed by atoms with Gasteiger partial charge in [-0.25, -0.2) is 0 Å². The van der Waals surface area contributed by atoms with Crippen molar-refractivity contribution in [2.75, 3.05) is 20.1 Å². The molecule has 2 rings (SSSR count). The molecule has 1 atom stereocenters. The summed E-state index contributed by atoms with van der Waals surface area (Å²) < 4.78 is 0. The van der Waals surface area contributed by atoms with E-state index in [1.165, 1.54) is 16.7 Å². The second kappa shape index (κ2) is 11.7. The first-order chi connectivity index (χ1) is 14.4. The van der Waals surface area contributed by atoms with Crippen molar-refractivity contribution in [3.63, 3.8) is 0 Å². The second-order valence-corrected chi connectivity index (χ2v) is 8.66. The summed E-state index contributed by atoms with van der Waals surface area (Å²) >= 11 is 0. The molecule has 0 aliphatic carbocycles. The van der Waals surface area contributed by atoms with Crippen LogP contribution in [-0.4, -0.2) is 36.9 Å². The Bertz CT molecular complexity index is 762. The number of carbonyl (C=O) groups excluding carboxylic acids is 2. The summed E-state index contributed by atoms with van der Waals surface area (Å²) in [5.41, 5.74) is 3.79. The standard InChI is InChI=1S/C26H38N2O2/c1-5-11-22-12-9-15-26(19-21(2)3,23-13-7-6-8-14-23)16-10-17-28(25(30)18-22)20-24(29)27-4/h6-8,12-14,19H,5,9-11,15-18,20H2,1-4H3,(H,27,29)/b22-12+/t26-/m0/s1. The van der Waals surface area contributed by atoms with E-state index in [9.17, 15) is 9.59 Å². The number of likely N-dealkylation sites (N-methyl/N-ethyl adjacent to an activating group) is 1. The van der Waals surface area contributed by atoms with Gasteiger partial charge in [-0.15, -0.1) is 0 Å². The minimum absolute atomic E-state index is 0.0556. The molecule has 0 spiro atoms. The molecule has 0 unspecified atom stereocenters. The van der Waals surface area contributed by atoms with Crippen molar-refractivity contribution in [3.8, 4) is 0 Å². The van der Waals surface area contributed by atoms with Crippen LogP contribution in [0.3, 0.4) is 0 Å². The summed E-state index contributed by atoms with van der Waals surface area (Å²) in [6.45, 7) is 7.22. The predicted molar refractivity (Wildman–Crippen MR) is 124 cm³/mol. The van der Waals surface area contributed by atoms with E-state index >= 15 is 0 Å². The third-order valence-electron chi connectivity index (χ3n) is 5.90. The van der Waals surface area contributed by atoms with Gasteiger partial charge in [0.15, 0.2) is 0 Å². The average molecular weight is 411 g/mol. The summed E-state index contributed by atoms with van der Waals surface area (Å²) in [6.07, 6.45) is 10.9. The molecule has 1 aliphatic rings. The van der Waals surface area contributed by atoms with Gasteiger partial charge in [-0.05, 0) is 51.5 Å². The molecule has 0 aromatic heterocycles. The zero-order chi connectivity index (χ0) is 22.0. The highest BCUT2D eigenvalue weighted by Crippen LogP contribution is 2.38. The van der Waals surface area contributed by atoms with Crippen molar-refractivity contribution in [1.82, 2.24) is 10.2 Å². The molecule has 164 valence electrons. The Morgan fingerprint density at radius 3 is 2.57 bits per heavy atom. The third kappa shape index (κ3) is 6.86. The molecule has 30 heavy (non-hydrogen) atoms. The van der Waals surface area contributed by atoms with Crippen molar-refractivity contribution in [2.45, 2.75) is 71.1 Å². The molecule has 4 nitrogen and oxygen atoms in total. The van der Waals surface area contributed by atoms with Crippen LogP contribution in [0.25, 0.3) is 0 Å². The van der Waals surface area contributed by atoms with E-state index in [4.69, 9.17) is 0 Å². The first kappa shape index (κ1) is 23.9. The number of hydrogen-bond acceptors (Lipinski definition) is 2. The predicted octanol–water partition coefficient (Wildman–Crippen LogP) is 5.16. The monoisotopic (exact) mass is 410 g/mol. The Morgan fingerprint density at radius 2 is 1.93 bits per heavy atom. The molecule has 0 saturated heterocycles. The van der Waals surface area contributed by atoms with Gasteiger partial charge < -0.3 is 10.2 Å². The highest BCUT2D eigenvalue weighted by Gasteiger charge is 2.30. The smallest absolute Gasteiger partial charge is 0.239 e. The lowest BCUT2D eigenvalue weighted by Crippen LogP contribution is -2.40. The van der Waals surface area contributed by atoms with Crippen molar-refractivity contribution in [1.29, 1.82) is 0 Å². The van der Waals surface area contributed by atoms with Gasteiger partial charge in [0.1, 0.15) is 0 Å². The SMILES string of the molecule is CCC/C1=C\CC[C@](C=C(C)C)(c2ccccc2)CCCN(CC(=O)NC)C(=O)C1. The maximum atomic E-state index is 13.0. The van der Waals surface area contributed by atoms with Crippen LogP contribution >= 0.6 is 0 Å². The lowest BCUT2D eigenvalue weighted by Gasteiger charge is -2.33. The molecular formula is C26H38N2O2. The first-order valence-electron chi connectivity index (χ1n) is 11.3. The fourth-order valence-electron chi connectivity index (χ4n) is 4.52. The zero-order valence-corrected chi connectivity index (χ0v) is 19.2. The van der Waals surface area contributed by atoms with Gasteiger partial charge in [-0.2, -0.15) is 0 Å². The minimum Gasteiger partial charge on any atom is -0.358 e. The molecule has 1 aromatic carbocycles. The van der Waals surface area contributed by atoms with Gasteiger partial charge >= 0.3 is 0 Å². The minimum atomic E-state index is -0.113. The summed E-state index contributed by atoms with van der Waals surface area (Å²) in [5.74, 6) is -0.0504. The van der Waals surface area contributed by atoms with Crippen LogP contribution in [0.1, 0.15) is 71.3 Å². The van der Waals surface area contributed by atoms with E-state index in [2.05, 4.69) is 68.6 Å². The van der Waals surface area contributed by atoms with E-state index < -0.39 is 0 Å². The molecule has 0 radical (unpaired) electrons. The molecule has 4 heteroatoms. The van der Waals surface area contributed by atoms with E-state index in [-0.39, 0.29) is 23.8 Å². The van der Waals surface area contributed by atoms with Crippen LogP contribution in [0, 0.1) is 0 Å². The quantitative estimate of drug-likeness (QED) is 0.659. The Hall–Kier alpha value is -2.36. The van der Waals surface area contributed by atoms with Gasteiger partial charge in [-0.3, -0.25) is 9.59 Å².